The van der Waals surface area contributed by atoms with Crippen molar-refractivity contribution in [2.24, 2.45) is 0 Å². The smallest absolute Gasteiger partial charge is 0.0671 e. The van der Waals surface area contributed by atoms with Gasteiger partial charge in [0, 0.05) is 11.8 Å². The number of rotatable bonds is 2. The van der Waals surface area contributed by atoms with E-state index in [1.54, 1.807) is 0 Å². The fraction of sp³-hybridized carbons (Fsp3) is 0.167. The summed E-state index contributed by atoms with van der Waals surface area (Å²) in [5.41, 5.74) is 2.92. The summed E-state index contributed by atoms with van der Waals surface area (Å²) in [5, 5.41) is 13.0. The molecule has 0 unspecified atom stereocenters. The molecule has 0 saturated carbocycles. The van der Waals surface area contributed by atoms with E-state index >= 15 is 0 Å². The first kappa shape index (κ1) is 9.47. The third-order valence-corrected chi connectivity index (χ3v) is 2.29. The number of aromatic nitrogens is 2. The summed E-state index contributed by atoms with van der Waals surface area (Å²) >= 11 is 0. The SMILES string of the molecule is Cc1nn(-c2ccccc2)cc1CC#N. The van der Waals surface area contributed by atoms with Crippen LogP contribution in [0.5, 0.6) is 0 Å². The molecule has 3 nitrogen and oxygen atoms in total. The van der Waals surface area contributed by atoms with E-state index in [-0.39, 0.29) is 0 Å². The molecule has 0 aliphatic carbocycles. The molecule has 1 aromatic carbocycles. The molecule has 0 fully saturated rings. The van der Waals surface area contributed by atoms with Crippen molar-refractivity contribution in [2.75, 3.05) is 0 Å². The highest BCUT2D eigenvalue weighted by atomic mass is 15.3. The quantitative estimate of drug-likeness (QED) is 0.740. The monoisotopic (exact) mass is 197 g/mol. The molecule has 0 amide bonds. The van der Waals surface area contributed by atoms with Crippen LogP contribution in [-0.4, -0.2) is 9.78 Å². The van der Waals surface area contributed by atoms with E-state index in [0.29, 0.717) is 6.42 Å². The Bertz CT molecular complexity index is 491. The largest absolute Gasteiger partial charge is 0.240 e. The average molecular weight is 197 g/mol. The normalized spacial score (nSPS) is 9.87. The van der Waals surface area contributed by atoms with E-state index in [4.69, 9.17) is 5.26 Å². The first-order valence-electron chi connectivity index (χ1n) is 4.79. The van der Waals surface area contributed by atoms with Crippen molar-refractivity contribution in [1.82, 2.24) is 9.78 Å². The Kier molecular flexibility index (Phi) is 2.51. The van der Waals surface area contributed by atoms with Crippen LogP contribution >= 0.6 is 0 Å². The van der Waals surface area contributed by atoms with Gasteiger partial charge in [0.25, 0.3) is 0 Å². The summed E-state index contributed by atoms with van der Waals surface area (Å²) < 4.78 is 1.81. The second kappa shape index (κ2) is 3.97. The van der Waals surface area contributed by atoms with Gasteiger partial charge in [-0.2, -0.15) is 10.4 Å². The molecule has 1 aromatic heterocycles. The lowest BCUT2D eigenvalue weighted by Gasteiger charge is -1.98. The van der Waals surface area contributed by atoms with Crippen LogP contribution in [0.3, 0.4) is 0 Å². The van der Waals surface area contributed by atoms with Gasteiger partial charge in [0.1, 0.15) is 0 Å². The molecule has 2 aromatic rings. The predicted octanol–water partition coefficient (Wildman–Crippen LogP) is 2.25. The van der Waals surface area contributed by atoms with Crippen LogP contribution in [0.15, 0.2) is 36.5 Å². The zero-order valence-corrected chi connectivity index (χ0v) is 8.51. The fourth-order valence-corrected chi connectivity index (χ4v) is 1.47. The number of hydrogen-bond acceptors (Lipinski definition) is 2. The summed E-state index contributed by atoms with van der Waals surface area (Å²) in [7, 11) is 0. The first-order chi connectivity index (χ1) is 7.31. The minimum Gasteiger partial charge on any atom is -0.240 e. The average Bonchev–Trinajstić information content (AvgIpc) is 2.63. The standard InChI is InChI=1S/C12H11N3/c1-10-11(7-8-13)9-15(14-10)12-5-3-2-4-6-12/h2-6,9H,7H2,1H3. The molecule has 3 heteroatoms. The van der Waals surface area contributed by atoms with Crippen molar-refractivity contribution in [1.29, 1.82) is 5.26 Å². The second-order valence-corrected chi connectivity index (χ2v) is 3.35. The molecule has 0 aliphatic rings. The highest BCUT2D eigenvalue weighted by molar-refractivity contribution is 5.33. The number of nitriles is 1. The van der Waals surface area contributed by atoms with Crippen molar-refractivity contribution in [3.8, 4) is 11.8 Å². The van der Waals surface area contributed by atoms with Gasteiger partial charge in [-0.25, -0.2) is 4.68 Å². The Morgan fingerprint density at radius 1 is 1.33 bits per heavy atom. The highest BCUT2D eigenvalue weighted by Gasteiger charge is 2.04. The lowest BCUT2D eigenvalue weighted by molar-refractivity contribution is 0.863. The molecule has 1 heterocycles. The van der Waals surface area contributed by atoms with Crippen LogP contribution in [0.1, 0.15) is 11.3 Å². The highest BCUT2D eigenvalue weighted by Crippen LogP contribution is 2.11. The molecular weight excluding hydrogens is 186 g/mol. The summed E-state index contributed by atoms with van der Waals surface area (Å²) in [6, 6.07) is 12.0. The maximum Gasteiger partial charge on any atom is 0.0671 e. The minimum atomic E-state index is 0.415. The number of benzene rings is 1. The second-order valence-electron chi connectivity index (χ2n) is 3.35. The molecule has 0 saturated heterocycles. The topological polar surface area (TPSA) is 41.6 Å². The van der Waals surface area contributed by atoms with Gasteiger partial charge < -0.3 is 0 Å². The Morgan fingerprint density at radius 2 is 2.07 bits per heavy atom. The van der Waals surface area contributed by atoms with Crippen LogP contribution in [0, 0.1) is 18.3 Å². The Labute approximate surface area is 88.6 Å². The fourth-order valence-electron chi connectivity index (χ4n) is 1.47. The van der Waals surface area contributed by atoms with Crippen molar-refractivity contribution in [3.05, 3.63) is 47.8 Å². The van der Waals surface area contributed by atoms with Crippen LogP contribution in [0.25, 0.3) is 5.69 Å². The van der Waals surface area contributed by atoms with E-state index in [1.807, 2.05) is 48.1 Å². The van der Waals surface area contributed by atoms with Gasteiger partial charge >= 0.3 is 0 Å². The van der Waals surface area contributed by atoms with Crippen LogP contribution in [0.4, 0.5) is 0 Å². The van der Waals surface area contributed by atoms with Crippen LogP contribution < -0.4 is 0 Å². The molecular formula is C12H11N3. The zero-order chi connectivity index (χ0) is 10.7. The Hall–Kier alpha value is -2.08. The van der Waals surface area contributed by atoms with Gasteiger partial charge in [0.05, 0.1) is 23.9 Å². The van der Waals surface area contributed by atoms with Crippen molar-refractivity contribution < 1.29 is 0 Å². The molecule has 0 atom stereocenters. The molecule has 0 spiro atoms. The van der Waals surface area contributed by atoms with Gasteiger partial charge in [-0.3, -0.25) is 0 Å². The van der Waals surface area contributed by atoms with E-state index in [1.165, 1.54) is 0 Å². The van der Waals surface area contributed by atoms with E-state index in [2.05, 4.69) is 11.2 Å². The summed E-state index contributed by atoms with van der Waals surface area (Å²) in [6.07, 6.45) is 2.33. The van der Waals surface area contributed by atoms with Gasteiger partial charge in [-0.05, 0) is 19.1 Å². The Balaban J connectivity index is 2.40. The Morgan fingerprint density at radius 3 is 2.73 bits per heavy atom. The minimum absolute atomic E-state index is 0.415. The third-order valence-electron chi connectivity index (χ3n) is 2.29. The van der Waals surface area contributed by atoms with Crippen molar-refractivity contribution in [3.63, 3.8) is 0 Å². The van der Waals surface area contributed by atoms with Crippen molar-refractivity contribution >= 4 is 0 Å². The van der Waals surface area contributed by atoms with E-state index in [0.717, 1.165) is 16.9 Å². The number of aryl methyl sites for hydroxylation is 1. The van der Waals surface area contributed by atoms with Crippen LogP contribution in [0.2, 0.25) is 0 Å². The zero-order valence-electron chi connectivity index (χ0n) is 8.51. The number of hydrogen-bond donors (Lipinski definition) is 0. The molecule has 0 radical (unpaired) electrons. The maximum absolute atomic E-state index is 8.64. The number of nitrogens with zero attached hydrogens (tertiary/aromatic N) is 3. The summed E-state index contributed by atoms with van der Waals surface area (Å²) in [4.78, 5) is 0. The predicted molar refractivity (Wildman–Crippen MR) is 57.6 cm³/mol. The van der Waals surface area contributed by atoms with Gasteiger partial charge in [-0.1, -0.05) is 18.2 Å². The molecule has 15 heavy (non-hydrogen) atoms. The van der Waals surface area contributed by atoms with E-state index in [9.17, 15) is 0 Å². The van der Waals surface area contributed by atoms with Gasteiger partial charge in [-0.15, -0.1) is 0 Å². The molecule has 0 N–H and O–H groups in total. The lowest BCUT2D eigenvalue weighted by Crippen LogP contribution is -1.93. The first-order valence-corrected chi connectivity index (χ1v) is 4.79. The molecule has 0 bridgehead atoms. The number of para-hydroxylation sites is 1. The van der Waals surface area contributed by atoms with Gasteiger partial charge in [0.15, 0.2) is 0 Å². The molecule has 74 valence electrons. The lowest BCUT2D eigenvalue weighted by atomic mass is 10.2. The van der Waals surface area contributed by atoms with Gasteiger partial charge in [0.2, 0.25) is 0 Å². The van der Waals surface area contributed by atoms with Crippen LogP contribution in [-0.2, 0) is 6.42 Å². The van der Waals surface area contributed by atoms with Crippen molar-refractivity contribution in [2.45, 2.75) is 13.3 Å². The summed E-state index contributed by atoms with van der Waals surface area (Å²) in [5.74, 6) is 0. The maximum atomic E-state index is 8.64. The third kappa shape index (κ3) is 1.89. The summed E-state index contributed by atoms with van der Waals surface area (Å²) in [6.45, 7) is 1.92. The molecule has 0 aliphatic heterocycles. The molecule has 2 rings (SSSR count). The van der Waals surface area contributed by atoms with E-state index < -0.39 is 0 Å².